The maximum atomic E-state index is 11.2. The summed E-state index contributed by atoms with van der Waals surface area (Å²) in [5, 5.41) is 74.3. The molecule has 258 valence electrons. The molecule has 3 heterocycles. The van der Waals surface area contributed by atoms with Gasteiger partial charge in [-0.2, -0.15) is 0 Å². The molecule has 3 fully saturated rings. The van der Waals surface area contributed by atoms with E-state index in [-0.39, 0.29) is 6.61 Å². The van der Waals surface area contributed by atoms with Gasteiger partial charge in [-0.1, -0.05) is 6.58 Å². The minimum atomic E-state index is -1.74. The Bertz CT molecular complexity index is 867. The van der Waals surface area contributed by atoms with Crippen molar-refractivity contribution < 1.29 is 78.1 Å². The number of quaternary nitrogens is 1. The van der Waals surface area contributed by atoms with Crippen LogP contribution in [0.2, 0.25) is 0 Å². The number of methoxy groups -OCH3 is 2. The first-order chi connectivity index (χ1) is 20.8. The zero-order chi connectivity index (χ0) is 32.8. The van der Waals surface area contributed by atoms with Gasteiger partial charge in [-0.05, 0) is 13.0 Å². The Morgan fingerprint density at radius 2 is 1.27 bits per heavy atom. The molecule has 0 aromatic heterocycles. The van der Waals surface area contributed by atoms with E-state index in [2.05, 4.69) is 20.7 Å². The highest BCUT2D eigenvalue weighted by atomic mass is 16.8. The molecule has 0 aromatic carbocycles. The molecule has 7 N–H and O–H groups in total. The number of hydrogen-bond acceptors (Lipinski definition) is 15. The summed E-state index contributed by atoms with van der Waals surface area (Å²) in [6.45, 7) is 6.53. The van der Waals surface area contributed by atoms with E-state index in [0.717, 1.165) is 13.1 Å². The van der Waals surface area contributed by atoms with Gasteiger partial charge in [0.05, 0.1) is 53.1 Å². The highest BCUT2D eigenvalue weighted by Gasteiger charge is 2.53. The molecule has 0 bridgehead atoms. The summed E-state index contributed by atoms with van der Waals surface area (Å²) in [6.07, 6.45) is -17.7. The maximum absolute atomic E-state index is 11.2. The van der Waals surface area contributed by atoms with E-state index in [1.54, 1.807) is 6.92 Å². The van der Waals surface area contributed by atoms with Gasteiger partial charge < -0.3 is 78.1 Å². The third-order valence-electron chi connectivity index (χ3n) is 8.28. The number of aliphatic hydroxyl groups is 7. The summed E-state index contributed by atoms with van der Waals surface area (Å²) in [5.41, 5.74) is 0. The number of likely N-dealkylation sites (N-methyl/N-ethyl adjacent to an activating group) is 1. The third kappa shape index (κ3) is 8.92. The summed E-state index contributed by atoms with van der Waals surface area (Å²) in [5.74, 6) is 0. The summed E-state index contributed by atoms with van der Waals surface area (Å²) < 4.78 is 45.7. The van der Waals surface area contributed by atoms with Gasteiger partial charge in [0.25, 0.3) is 0 Å². The van der Waals surface area contributed by atoms with Crippen molar-refractivity contribution in [2.75, 3.05) is 61.2 Å². The second-order valence-electron chi connectivity index (χ2n) is 12.1. The quantitative estimate of drug-likeness (QED) is 0.0523. The Labute approximate surface area is 257 Å². The van der Waals surface area contributed by atoms with Crippen molar-refractivity contribution in [2.24, 2.45) is 0 Å². The Morgan fingerprint density at radius 3 is 1.84 bits per heavy atom. The molecule has 3 aliphatic rings. The average molecular weight is 643 g/mol. The topological polar surface area (TPSA) is 215 Å². The molecule has 15 unspecified atom stereocenters. The van der Waals surface area contributed by atoms with Gasteiger partial charge in [-0.3, -0.25) is 0 Å². The molecule has 16 heteroatoms. The zero-order valence-electron chi connectivity index (χ0n) is 26.0. The maximum Gasteiger partial charge on any atom is 0.187 e. The standard InChI is InChI=1S/C28H52NO15/c1-7-9-29(3,4)10-8-11-39-13-16-25(44-27-21(35)18(32)24(37-5)15(12-30)41-27)19(33)22(36)28(42-16)43-23-14(2)40-26(38-6)20(34)17(23)31/h7,14-28,30-36H,1,8-13H2,2-6H3/q+1. The predicted octanol–water partition coefficient (Wildman–Crippen LogP) is -3.56. The minimum Gasteiger partial charge on any atom is -0.394 e. The highest BCUT2D eigenvalue weighted by Crippen LogP contribution is 2.33. The van der Waals surface area contributed by atoms with Crippen LogP contribution < -0.4 is 0 Å². The SMILES string of the molecule is C=CC[N+](C)(C)CCCOCC1OC(OC2C(C)OC(OC)C(O)C2O)C(O)C(O)C1OC1OC(CO)C(OC)C(O)C1O. The third-order valence-corrected chi connectivity index (χ3v) is 8.28. The van der Waals surface area contributed by atoms with E-state index in [0.29, 0.717) is 17.5 Å². The number of ether oxygens (including phenoxy) is 8. The van der Waals surface area contributed by atoms with Crippen LogP contribution in [0.15, 0.2) is 12.7 Å². The van der Waals surface area contributed by atoms with Crippen LogP contribution in [0, 0.1) is 0 Å². The van der Waals surface area contributed by atoms with Crippen molar-refractivity contribution in [3.8, 4) is 0 Å². The monoisotopic (exact) mass is 642 g/mol. The van der Waals surface area contributed by atoms with E-state index >= 15 is 0 Å². The molecule has 3 aliphatic heterocycles. The second-order valence-corrected chi connectivity index (χ2v) is 12.1. The van der Waals surface area contributed by atoms with Crippen LogP contribution in [0.5, 0.6) is 0 Å². The largest absolute Gasteiger partial charge is 0.394 e. The minimum absolute atomic E-state index is 0.146. The number of aliphatic hydroxyl groups excluding tert-OH is 7. The summed E-state index contributed by atoms with van der Waals surface area (Å²) in [6, 6.07) is 0. The molecule has 0 spiro atoms. The molecule has 3 rings (SSSR count). The van der Waals surface area contributed by atoms with Gasteiger partial charge >= 0.3 is 0 Å². The van der Waals surface area contributed by atoms with Crippen LogP contribution in [0.1, 0.15) is 13.3 Å². The lowest BCUT2D eigenvalue weighted by atomic mass is 9.96. The van der Waals surface area contributed by atoms with Crippen molar-refractivity contribution in [3.63, 3.8) is 0 Å². The lowest BCUT2D eigenvalue weighted by molar-refractivity contribution is -0.884. The van der Waals surface area contributed by atoms with Crippen molar-refractivity contribution in [1.82, 2.24) is 0 Å². The average Bonchev–Trinajstić information content (AvgIpc) is 2.98. The van der Waals surface area contributed by atoms with E-state index in [1.165, 1.54) is 14.2 Å². The molecular weight excluding hydrogens is 590 g/mol. The van der Waals surface area contributed by atoms with Gasteiger partial charge in [-0.15, -0.1) is 0 Å². The highest BCUT2D eigenvalue weighted by molar-refractivity contribution is 4.96. The Morgan fingerprint density at radius 1 is 0.727 bits per heavy atom. The molecule has 0 aliphatic carbocycles. The molecule has 16 nitrogen and oxygen atoms in total. The summed E-state index contributed by atoms with van der Waals surface area (Å²) in [7, 11) is 6.72. The number of nitrogens with zero attached hydrogens (tertiary/aromatic N) is 1. The fourth-order valence-electron chi connectivity index (χ4n) is 5.71. The summed E-state index contributed by atoms with van der Waals surface area (Å²) >= 11 is 0. The van der Waals surface area contributed by atoms with Crippen molar-refractivity contribution in [3.05, 3.63) is 12.7 Å². The van der Waals surface area contributed by atoms with Gasteiger partial charge in [0.15, 0.2) is 18.9 Å². The molecule has 0 aromatic rings. The number of hydrogen-bond donors (Lipinski definition) is 7. The zero-order valence-corrected chi connectivity index (χ0v) is 26.0. The Kier molecular flexibility index (Phi) is 14.3. The van der Waals surface area contributed by atoms with Crippen LogP contribution >= 0.6 is 0 Å². The predicted molar refractivity (Wildman–Crippen MR) is 150 cm³/mol. The molecular formula is C28H52NO15+. The molecule has 0 amide bonds. The van der Waals surface area contributed by atoms with Gasteiger partial charge in [-0.25, -0.2) is 0 Å². The van der Waals surface area contributed by atoms with E-state index in [4.69, 9.17) is 37.9 Å². The fourth-order valence-corrected chi connectivity index (χ4v) is 5.71. The van der Waals surface area contributed by atoms with Crippen LogP contribution in [-0.2, 0) is 37.9 Å². The van der Waals surface area contributed by atoms with E-state index in [1.807, 2.05) is 6.08 Å². The first-order valence-corrected chi connectivity index (χ1v) is 14.8. The van der Waals surface area contributed by atoms with Crippen molar-refractivity contribution >= 4 is 0 Å². The van der Waals surface area contributed by atoms with Crippen LogP contribution in [0.25, 0.3) is 0 Å². The Balaban J connectivity index is 1.75. The van der Waals surface area contributed by atoms with Crippen LogP contribution in [-0.4, -0.2) is 194 Å². The van der Waals surface area contributed by atoms with Crippen molar-refractivity contribution in [2.45, 2.75) is 105 Å². The molecule has 15 atom stereocenters. The fraction of sp³-hybridized carbons (Fsp3) is 0.929. The first-order valence-electron chi connectivity index (χ1n) is 14.8. The van der Waals surface area contributed by atoms with Gasteiger partial charge in [0.1, 0.15) is 67.1 Å². The van der Waals surface area contributed by atoms with E-state index < -0.39 is 98.7 Å². The van der Waals surface area contributed by atoms with Crippen LogP contribution in [0.4, 0.5) is 0 Å². The molecule has 44 heavy (non-hydrogen) atoms. The number of rotatable bonds is 15. The molecule has 0 radical (unpaired) electrons. The second kappa shape index (κ2) is 16.8. The lowest BCUT2D eigenvalue weighted by Crippen LogP contribution is -2.66. The van der Waals surface area contributed by atoms with E-state index in [9.17, 15) is 35.7 Å². The smallest absolute Gasteiger partial charge is 0.187 e. The molecule has 0 saturated carbocycles. The van der Waals surface area contributed by atoms with Crippen LogP contribution in [0.3, 0.4) is 0 Å². The Hall–Kier alpha value is -0.900. The summed E-state index contributed by atoms with van der Waals surface area (Å²) in [4.78, 5) is 0. The normalized spacial score (nSPS) is 43.6. The lowest BCUT2D eigenvalue weighted by Gasteiger charge is -2.48. The van der Waals surface area contributed by atoms with Gasteiger partial charge in [0.2, 0.25) is 0 Å². The van der Waals surface area contributed by atoms with Crippen molar-refractivity contribution in [1.29, 1.82) is 0 Å². The first kappa shape index (κ1) is 37.6. The molecule has 3 saturated heterocycles. The van der Waals surface area contributed by atoms with Gasteiger partial charge in [0, 0.05) is 20.6 Å².